The summed E-state index contributed by atoms with van der Waals surface area (Å²) < 4.78 is 0. The van der Waals surface area contributed by atoms with Crippen molar-refractivity contribution in [2.24, 2.45) is 23.1 Å². The van der Waals surface area contributed by atoms with Crippen LogP contribution in [-0.4, -0.2) is 119 Å². The summed E-state index contributed by atoms with van der Waals surface area (Å²) in [5, 5.41) is 27.9. The molecule has 11 N–H and O–H groups in total. The third-order valence-electron chi connectivity index (χ3n) is 8.85. The number of aromatic hydroxyl groups is 1. The van der Waals surface area contributed by atoms with E-state index in [0.717, 1.165) is 4.90 Å². The molecule has 0 saturated carbocycles. The van der Waals surface area contributed by atoms with Crippen molar-refractivity contribution in [3.63, 3.8) is 0 Å². The minimum absolute atomic E-state index is 0.00103. The summed E-state index contributed by atoms with van der Waals surface area (Å²) in [5.41, 5.74) is 17.6. The molecule has 0 heterocycles. The number of amides is 5. The molecule has 16 nitrogen and oxygen atoms in total. The minimum atomic E-state index is -1.22. The molecular weight excluding hydrogens is 684 g/mol. The largest absolute Gasteiger partial charge is 0.508 e. The first kappa shape index (κ1) is 46.5. The number of rotatable bonds is 25. The van der Waals surface area contributed by atoms with E-state index >= 15 is 0 Å². The van der Waals surface area contributed by atoms with E-state index in [0.29, 0.717) is 44.3 Å². The lowest BCUT2D eigenvalue weighted by atomic mass is 9.99. The molecule has 0 aromatic heterocycles. The summed E-state index contributed by atoms with van der Waals surface area (Å²) in [6.45, 7) is 9.63. The number of nitrogens with zero attached hydrogens (tertiary/aromatic N) is 2. The number of hydrogen-bond acceptors (Lipinski definition) is 10. The fourth-order valence-corrected chi connectivity index (χ4v) is 5.66. The second-order valence-electron chi connectivity index (χ2n) is 13.8. The van der Waals surface area contributed by atoms with Crippen molar-refractivity contribution in [1.82, 2.24) is 25.8 Å². The molecule has 0 aliphatic rings. The molecule has 0 aliphatic carbocycles. The monoisotopic (exact) mass is 746 g/mol. The van der Waals surface area contributed by atoms with Crippen LogP contribution in [-0.2, 0) is 35.2 Å². The SMILES string of the molecule is C=CC[C@H](NC(=O)[C@H](CCCCN)NC(=O)[C@H](CCCCN)NC(=O)[C@H](C)N)C(=O)N(C)[C@@H](Cc1ccc(O)cc1)C(=O)N(C)[C@@H](CC(C)C)C(=O)O. The van der Waals surface area contributed by atoms with Gasteiger partial charge in [0.15, 0.2) is 0 Å². The van der Waals surface area contributed by atoms with Crippen LogP contribution in [0.3, 0.4) is 0 Å². The predicted octanol–water partition coefficient (Wildman–Crippen LogP) is 0.355. The van der Waals surface area contributed by atoms with Crippen molar-refractivity contribution in [2.75, 3.05) is 27.2 Å². The summed E-state index contributed by atoms with van der Waals surface area (Å²) >= 11 is 0. The Bertz CT molecular complexity index is 1360. The van der Waals surface area contributed by atoms with Gasteiger partial charge in [0, 0.05) is 20.5 Å². The zero-order valence-electron chi connectivity index (χ0n) is 31.9. The maximum atomic E-state index is 14.2. The number of phenols is 1. The molecule has 0 saturated heterocycles. The second kappa shape index (κ2) is 23.9. The second-order valence-corrected chi connectivity index (χ2v) is 13.8. The van der Waals surface area contributed by atoms with Crippen molar-refractivity contribution in [3.8, 4) is 5.75 Å². The predicted molar refractivity (Wildman–Crippen MR) is 202 cm³/mol. The number of carbonyl (C=O) groups excluding carboxylic acids is 5. The molecular formula is C37H62N8O8. The maximum absolute atomic E-state index is 14.2. The number of phenolic OH excluding ortho intramolecular Hbond substituents is 1. The summed E-state index contributed by atoms with van der Waals surface area (Å²) in [6.07, 6.45) is 4.15. The Labute approximate surface area is 313 Å². The van der Waals surface area contributed by atoms with Crippen LogP contribution in [0, 0.1) is 5.92 Å². The molecule has 0 radical (unpaired) electrons. The zero-order valence-corrected chi connectivity index (χ0v) is 31.9. The number of nitrogens with one attached hydrogen (secondary N) is 3. The Morgan fingerprint density at radius 1 is 0.755 bits per heavy atom. The number of nitrogens with two attached hydrogens (primary N) is 3. The zero-order chi connectivity index (χ0) is 40.2. The van der Waals surface area contributed by atoms with Gasteiger partial charge in [-0.15, -0.1) is 6.58 Å². The van der Waals surface area contributed by atoms with Crippen molar-refractivity contribution in [2.45, 2.75) is 115 Å². The van der Waals surface area contributed by atoms with Crippen LogP contribution in [0.25, 0.3) is 0 Å². The first-order valence-corrected chi connectivity index (χ1v) is 18.2. The Balaban J connectivity index is 3.45. The summed E-state index contributed by atoms with van der Waals surface area (Å²) in [5.74, 6) is -4.35. The average molecular weight is 747 g/mol. The third-order valence-corrected chi connectivity index (χ3v) is 8.85. The minimum Gasteiger partial charge on any atom is -0.508 e. The Morgan fingerprint density at radius 2 is 1.23 bits per heavy atom. The Hall–Kier alpha value is -4.54. The number of aliphatic carboxylic acids is 1. The van der Waals surface area contributed by atoms with E-state index in [1.54, 1.807) is 12.1 Å². The van der Waals surface area contributed by atoms with Gasteiger partial charge in [-0.2, -0.15) is 0 Å². The summed E-state index contributed by atoms with van der Waals surface area (Å²) in [6, 6.07) is -0.498. The third kappa shape index (κ3) is 15.9. The quantitative estimate of drug-likeness (QED) is 0.0500. The first-order valence-electron chi connectivity index (χ1n) is 18.2. The van der Waals surface area contributed by atoms with Gasteiger partial charge in [0.25, 0.3) is 0 Å². The normalized spacial score (nSPS) is 14.5. The highest BCUT2D eigenvalue weighted by Crippen LogP contribution is 2.19. The molecule has 0 aliphatic heterocycles. The van der Waals surface area contributed by atoms with Gasteiger partial charge in [-0.25, -0.2) is 4.79 Å². The number of benzene rings is 1. The van der Waals surface area contributed by atoms with Crippen molar-refractivity contribution in [3.05, 3.63) is 42.5 Å². The molecule has 298 valence electrons. The maximum Gasteiger partial charge on any atom is 0.326 e. The van der Waals surface area contributed by atoms with Crippen molar-refractivity contribution >= 4 is 35.5 Å². The molecule has 0 spiro atoms. The summed E-state index contributed by atoms with van der Waals surface area (Å²) in [4.78, 5) is 82.5. The number of hydrogen-bond donors (Lipinski definition) is 8. The van der Waals surface area contributed by atoms with Crippen LogP contribution in [0.1, 0.15) is 77.7 Å². The van der Waals surface area contributed by atoms with E-state index in [-0.39, 0.29) is 43.8 Å². The molecule has 0 unspecified atom stereocenters. The fourth-order valence-electron chi connectivity index (χ4n) is 5.66. The number of unbranched alkanes of at least 4 members (excludes halogenated alkanes) is 2. The van der Waals surface area contributed by atoms with Gasteiger partial charge in [-0.1, -0.05) is 32.1 Å². The van der Waals surface area contributed by atoms with Crippen LogP contribution in [0.15, 0.2) is 36.9 Å². The van der Waals surface area contributed by atoms with Crippen LogP contribution < -0.4 is 33.2 Å². The van der Waals surface area contributed by atoms with Gasteiger partial charge >= 0.3 is 5.97 Å². The standard InChI is InChI=1S/C37H62N8O8/c1-7-12-29(43-34(49)28(14-9-11-20-39)42-33(48)27(13-8-10-19-38)41-32(47)24(4)40)35(50)44(5)30(22-25-15-17-26(46)18-16-25)36(51)45(6)31(37(52)53)21-23(2)3/h7,15-18,23-24,27-31,46H,1,8-14,19-22,38-40H2,2-6H3,(H,41,47)(H,42,48)(H,43,49)(H,52,53)/t24-,27-,28-,29-,30-,31-/m0/s1. The molecule has 0 fully saturated rings. The molecule has 5 amide bonds. The average Bonchev–Trinajstić information content (AvgIpc) is 3.11. The molecule has 1 aromatic rings. The lowest BCUT2D eigenvalue weighted by Crippen LogP contribution is -2.59. The van der Waals surface area contributed by atoms with Crippen molar-refractivity contribution in [1.29, 1.82) is 0 Å². The van der Waals surface area contributed by atoms with E-state index in [1.807, 2.05) is 13.8 Å². The van der Waals surface area contributed by atoms with E-state index < -0.39 is 71.8 Å². The van der Waals surface area contributed by atoms with Crippen LogP contribution >= 0.6 is 0 Å². The van der Waals surface area contributed by atoms with Gasteiger partial charge in [0.05, 0.1) is 6.04 Å². The van der Waals surface area contributed by atoms with E-state index in [1.165, 1.54) is 44.1 Å². The number of carbonyl (C=O) groups is 6. The highest BCUT2D eigenvalue weighted by molar-refractivity contribution is 5.96. The molecule has 1 rings (SSSR count). The molecule has 53 heavy (non-hydrogen) atoms. The van der Waals surface area contributed by atoms with Crippen LogP contribution in [0.2, 0.25) is 0 Å². The number of likely N-dealkylation sites (N-methyl/N-ethyl adjacent to an activating group) is 2. The van der Waals surface area contributed by atoms with Gasteiger partial charge in [-0.05, 0) is 95.0 Å². The molecule has 6 atom stereocenters. The molecule has 0 bridgehead atoms. The van der Waals surface area contributed by atoms with Crippen LogP contribution in [0.4, 0.5) is 0 Å². The number of carboxylic acid groups (broad SMARTS) is 1. The summed E-state index contributed by atoms with van der Waals surface area (Å²) in [7, 11) is 2.77. The lowest BCUT2D eigenvalue weighted by molar-refractivity contribution is -0.154. The van der Waals surface area contributed by atoms with Crippen LogP contribution in [0.5, 0.6) is 5.75 Å². The lowest BCUT2D eigenvalue weighted by Gasteiger charge is -2.35. The van der Waals surface area contributed by atoms with Crippen molar-refractivity contribution < 1.29 is 39.0 Å². The van der Waals surface area contributed by atoms with Gasteiger partial charge in [0.1, 0.15) is 36.0 Å². The highest BCUT2D eigenvalue weighted by Gasteiger charge is 2.38. The van der Waals surface area contributed by atoms with Gasteiger partial charge < -0.3 is 53.2 Å². The van der Waals surface area contributed by atoms with Gasteiger partial charge in [0.2, 0.25) is 29.5 Å². The molecule has 16 heteroatoms. The Kier molecular flexibility index (Phi) is 21.0. The fraction of sp³-hybridized carbons (Fsp3) is 0.622. The highest BCUT2D eigenvalue weighted by atomic mass is 16.4. The van der Waals surface area contributed by atoms with E-state index in [4.69, 9.17) is 17.2 Å². The first-order chi connectivity index (χ1) is 25.0. The van der Waals surface area contributed by atoms with Gasteiger partial charge in [-0.3, -0.25) is 24.0 Å². The Morgan fingerprint density at radius 3 is 1.66 bits per heavy atom. The topological polar surface area (TPSA) is 264 Å². The molecule has 1 aromatic carbocycles. The van der Waals surface area contributed by atoms with E-state index in [2.05, 4.69) is 22.5 Å². The van der Waals surface area contributed by atoms with E-state index in [9.17, 15) is 39.0 Å². The number of carboxylic acids is 1. The smallest absolute Gasteiger partial charge is 0.326 e.